The molecule has 0 N–H and O–H groups in total. The van der Waals surface area contributed by atoms with Gasteiger partial charge in [0.2, 0.25) is 0 Å². The number of alkyl halides is 3. The molecule has 0 fully saturated rings. The van der Waals surface area contributed by atoms with Gasteiger partial charge in [-0.25, -0.2) is 8.78 Å². The molecule has 0 atom stereocenters. The Morgan fingerprint density at radius 2 is 1.86 bits per heavy atom. The lowest BCUT2D eigenvalue weighted by atomic mass is 10.2. The minimum absolute atomic E-state index is 0.469. The smallest absolute Gasteiger partial charge is 0.278 e. The van der Waals surface area contributed by atoms with E-state index < -0.39 is 12.5 Å². The standard InChI is InChI=1S/C10H11BrF2O/c1-10(12,13)7-14-9-4-2-8(6-11)3-5-9/h2-5H,6-7H2,1H3. The molecule has 1 nitrogen and oxygen atoms in total. The predicted molar refractivity (Wildman–Crippen MR) is 55.2 cm³/mol. The minimum atomic E-state index is -2.78. The summed E-state index contributed by atoms with van der Waals surface area (Å²) in [5, 5.41) is 0.747. The summed E-state index contributed by atoms with van der Waals surface area (Å²) in [6.45, 7) is 0.251. The topological polar surface area (TPSA) is 9.23 Å². The molecular formula is C10H11BrF2O. The van der Waals surface area contributed by atoms with Gasteiger partial charge in [-0.2, -0.15) is 0 Å². The number of hydrogen-bond donors (Lipinski definition) is 0. The molecule has 1 rings (SSSR count). The molecule has 0 bridgehead atoms. The van der Waals surface area contributed by atoms with Crippen LogP contribution in [0.25, 0.3) is 0 Å². The van der Waals surface area contributed by atoms with Crippen molar-refractivity contribution in [2.24, 2.45) is 0 Å². The average molecular weight is 265 g/mol. The Balaban J connectivity index is 2.52. The van der Waals surface area contributed by atoms with Crippen LogP contribution in [-0.4, -0.2) is 12.5 Å². The lowest BCUT2D eigenvalue weighted by molar-refractivity contribution is -0.0229. The van der Waals surface area contributed by atoms with E-state index in [-0.39, 0.29) is 0 Å². The van der Waals surface area contributed by atoms with Gasteiger partial charge in [-0.05, 0) is 17.7 Å². The first kappa shape index (κ1) is 11.4. The number of hydrogen-bond acceptors (Lipinski definition) is 1. The molecule has 0 saturated heterocycles. The molecule has 1 aromatic rings. The van der Waals surface area contributed by atoms with Crippen LogP contribution in [0.15, 0.2) is 24.3 Å². The van der Waals surface area contributed by atoms with Gasteiger partial charge in [0.15, 0.2) is 6.61 Å². The molecule has 1 aromatic carbocycles. The summed E-state index contributed by atoms with van der Waals surface area (Å²) in [5.74, 6) is -2.31. The van der Waals surface area contributed by atoms with E-state index in [9.17, 15) is 8.78 Å². The van der Waals surface area contributed by atoms with Gasteiger partial charge >= 0.3 is 0 Å². The zero-order valence-electron chi connectivity index (χ0n) is 7.77. The van der Waals surface area contributed by atoms with Gasteiger partial charge in [0.05, 0.1) is 0 Å². The fourth-order valence-corrected chi connectivity index (χ4v) is 1.26. The first-order valence-corrected chi connectivity index (χ1v) is 5.29. The predicted octanol–water partition coefficient (Wildman–Crippen LogP) is 3.62. The first-order valence-electron chi connectivity index (χ1n) is 4.17. The second-order valence-corrected chi connectivity index (χ2v) is 3.70. The maximum atomic E-state index is 12.4. The van der Waals surface area contributed by atoms with Crippen LogP contribution in [0.5, 0.6) is 5.75 Å². The van der Waals surface area contributed by atoms with Gasteiger partial charge in [-0.1, -0.05) is 28.1 Å². The molecule has 78 valence electrons. The summed E-state index contributed by atoms with van der Waals surface area (Å²) < 4.78 is 29.7. The third-order valence-corrected chi connectivity index (χ3v) is 2.22. The Hall–Kier alpha value is -0.640. The summed E-state index contributed by atoms with van der Waals surface area (Å²) in [5.41, 5.74) is 1.08. The van der Waals surface area contributed by atoms with Crippen molar-refractivity contribution in [1.82, 2.24) is 0 Å². The van der Waals surface area contributed by atoms with Crippen LogP contribution < -0.4 is 4.74 Å². The highest BCUT2D eigenvalue weighted by Crippen LogP contribution is 2.17. The summed E-state index contributed by atoms with van der Waals surface area (Å²) in [6, 6.07) is 7.03. The van der Waals surface area contributed by atoms with Crippen LogP contribution in [0.2, 0.25) is 0 Å². The second-order valence-electron chi connectivity index (χ2n) is 3.14. The van der Waals surface area contributed by atoms with E-state index in [2.05, 4.69) is 15.9 Å². The van der Waals surface area contributed by atoms with Gasteiger partial charge in [-0.15, -0.1) is 0 Å². The highest BCUT2D eigenvalue weighted by Gasteiger charge is 2.21. The molecule has 4 heteroatoms. The number of halogens is 3. The number of rotatable bonds is 4. The molecule has 0 radical (unpaired) electrons. The summed E-state index contributed by atoms with van der Waals surface area (Å²) in [6.07, 6.45) is 0. The third kappa shape index (κ3) is 4.05. The van der Waals surface area contributed by atoms with E-state index in [1.165, 1.54) is 0 Å². The van der Waals surface area contributed by atoms with Crippen molar-refractivity contribution in [3.8, 4) is 5.75 Å². The van der Waals surface area contributed by atoms with Crippen LogP contribution in [-0.2, 0) is 5.33 Å². The quantitative estimate of drug-likeness (QED) is 0.755. The lowest BCUT2D eigenvalue weighted by Crippen LogP contribution is -2.20. The van der Waals surface area contributed by atoms with Crippen LogP contribution in [0.3, 0.4) is 0 Å². The van der Waals surface area contributed by atoms with Crippen LogP contribution in [0.1, 0.15) is 12.5 Å². The highest BCUT2D eigenvalue weighted by atomic mass is 79.9. The maximum Gasteiger partial charge on any atom is 0.278 e. The van der Waals surface area contributed by atoms with Crippen molar-refractivity contribution in [2.45, 2.75) is 18.2 Å². The normalized spacial score (nSPS) is 11.4. The molecule has 0 aliphatic heterocycles. The lowest BCUT2D eigenvalue weighted by Gasteiger charge is -2.11. The highest BCUT2D eigenvalue weighted by molar-refractivity contribution is 9.08. The van der Waals surface area contributed by atoms with Gasteiger partial charge < -0.3 is 4.74 Å². The molecule has 0 spiro atoms. The van der Waals surface area contributed by atoms with Crippen molar-refractivity contribution < 1.29 is 13.5 Å². The fourth-order valence-electron chi connectivity index (χ4n) is 0.885. The first-order chi connectivity index (χ1) is 6.51. The van der Waals surface area contributed by atoms with Crippen molar-refractivity contribution in [3.05, 3.63) is 29.8 Å². The van der Waals surface area contributed by atoms with Crippen LogP contribution in [0, 0.1) is 0 Å². The van der Waals surface area contributed by atoms with Crippen molar-refractivity contribution in [2.75, 3.05) is 6.61 Å². The molecular weight excluding hydrogens is 254 g/mol. The molecule has 0 amide bonds. The SMILES string of the molecule is CC(F)(F)COc1ccc(CBr)cc1. The number of ether oxygens (including phenoxy) is 1. The monoisotopic (exact) mass is 264 g/mol. The second kappa shape index (κ2) is 4.73. The molecule has 14 heavy (non-hydrogen) atoms. The van der Waals surface area contributed by atoms with E-state index in [1.54, 1.807) is 12.1 Å². The van der Waals surface area contributed by atoms with Gasteiger partial charge in [0.25, 0.3) is 5.92 Å². The van der Waals surface area contributed by atoms with Crippen molar-refractivity contribution >= 4 is 15.9 Å². The van der Waals surface area contributed by atoms with E-state index in [1.807, 2.05) is 12.1 Å². The molecule has 0 aromatic heterocycles. The maximum absolute atomic E-state index is 12.4. The van der Waals surface area contributed by atoms with Gasteiger partial charge in [0.1, 0.15) is 5.75 Å². The number of benzene rings is 1. The summed E-state index contributed by atoms with van der Waals surface area (Å²) in [4.78, 5) is 0. The van der Waals surface area contributed by atoms with Crippen molar-refractivity contribution in [1.29, 1.82) is 0 Å². The van der Waals surface area contributed by atoms with E-state index >= 15 is 0 Å². The van der Waals surface area contributed by atoms with Crippen LogP contribution >= 0.6 is 15.9 Å². The van der Waals surface area contributed by atoms with E-state index in [0.717, 1.165) is 17.8 Å². The Morgan fingerprint density at radius 3 is 2.29 bits per heavy atom. The molecule has 0 saturated carbocycles. The minimum Gasteiger partial charge on any atom is -0.487 e. The Labute approximate surface area is 90.2 Å². The van der Waals surface area contributed by atoms with Gasteiger partial charge in [0, 0.05) is 12.3 Å². The zero-order chi connectivity index (χ0) is 10.6. The van der Waals surface area contributed by atoms with E-state index in [0.29, 0.717) is 5.75 Å². The van der Waals surface area contributed by atoms with Crippen LogP contribution in [0.4, 0.5) is 8.78 Å². The molecule has 0 heterocycles. The molecule has 0 aliphatic rings. The van der Waals surface area contributed by atoms with Gasteiger partial charge in [-0.3, -0.25) is 0 Å². The Kier molecular flexibility index (Phi) is 3.86. The average Bonchev–Trinajstić information content (AvgIpc) is 2.14. The third-order valence-electron chi connectivity index (χ3n) is 1.57. The Morgan fingerprint density at radius 1 is 1.29 bits per heavy atom. The molecule has 0 aliphatic carbocycles. The molecule has 0 unspecified atom stereocenters. The summed E-state index contributed by atoms with van der Waals surface area (Å²) >= 11 is 3.29. The van der Waals surface area contributed by atoms with E-state index in [4.69, 9.17) is 4.74 Å². The fraction of sp³-hybridized carbons (Fsp3) is 0.400. The Bertz CT molecular complexity index is 279. The summed E-state index contributed by atoms with van der Waals surface area (Å²) in [7, 11) is 0. The zero-order valence-corrected chi connectivity index (χ0v) is 9.35. The largest absolute Gasteiger partial charge is 0.487 e. The van der Waals surface area contributed by atoms with Crippen molar-refractivity contribution in [3.63, 3.8) is 0 Å².